The van der Waals surface area contributed by atoms with Gasteiger partial charge in [0.15, 0.2) is 0 Å². The van der Waals surface area contributed by atoms with Gasteiger partial charge in [0.05, 0.1) is 6.10 Å². The molecule has 2 rings (SSSR count). The topological polar surface area (TPSA) is 35.2 Å². The molecular formula is C14H21NO. The Morgan fingerprint density at radius 2 is 1.81 bits per heavy atom. The first kappa shape index (κ1) is 11.5. The number of ether oxygens (including phenoxy) is 1. The van der Waals surface area contributed by atoms with E-state index in [-0.39, 0.29) is 0 Å². The van der Waals surface area contributed by atoms with E-state index in [9.17, 15) is 0 Å². The Morgan fingerprint density at radius 3 is 2.44 bits per heavy atom. The molecule has 0 heterocycles. The van der Waals surface area contributed by atoms with Crippen molar-refractivity contribution in [2.75, 3.05) is 6.54 Å². The molecule has 1 fully saturated rings. The van der Waals surface area contributed by atoms with Crippen molar-refractivity contribution in [2.24, 2.45) is 5.73 Å². The lowest BCUT2D eigenvalue weighted by atomic mass is 10.1. The predicted octanol–water partition coefficient (Wildman–Crippen LogP) is 2.90. The summed E-state index contributed by atoms with van der Waals surface area (Å²) in [7, 11) is 0. The van der Waals surface area contributed by atoms with Crippen LogP contribution in [0.4, 0.5) is 0 Å². The maximum absolute atomic E-state index is 5.91. The Morgan fingerprint density at radius 1 is 1.12 bits per heavy atom. The summed E-state index contributed by atoms with van der Waals surface area (Å²) in [5.41, 5.74) is 6.84. The average molecular weight is 219 g/mol. The second kappa shape index (κ2) is 5.90. The number of rotatable bonds is 5. The van der Waals surface area contributed by atoms with Gasteiger partial charge in [-0.3, -0.25) is 0 Å². The highest BCUT2D eigenvalue weighted by Crippen LogP contribution is 2.24. The summed E-state index contributed by atoms with van der Waals surface area (Å²) in [6.07, 6.45) is 7.65. The zero-order valence-electron chi connectivity index (χ0n) is 9.82. The highest BCUT2D eigenvalue weighted by molar-refractivity contribution is 5.27. The fourth-order valence-corrected chi connectivity index (χ4v) is 2.24. The van der Waals surface area contributed by atoms with Crippen molar-refractivity contribution in [3.05, 3.63) is 29.8 Å². The van der Waals surface area contributed by atoms with Crippen LogP contribution in [-0.4, -0.2) is 12.6 Å². The van der Waals surface area contributed by atoms with E-state index in [0.29, 0.717) is 6.10 Å². The Balaban J connectivity index is 1.86. The minimum absolute atomic E-state index is 0.454. The molecule has 2 nitrogen and oxygen atoms in total. The standard InChI is InChI=1S/C14H21NO/c15-11-3-4-12-7-9-14(10-8-12)16-13-5-1-2-6-13/h7-10,13H,1-6,11,15H2. The molecule has 0 unspecified atom stereocenters. The van der Waals surface area contributed by atoms with Crippen molar-refractivity contribution >= 4 is 0 Å². The van der Waals surface area contributed by atoms with Crippen molar-refractivity contribution in [2.45, 2.75) is 44.6 Å². The van der Waals surface area contributed by atoms with Crippen molar-refractivity contribution in [1.82, 2.24) is 0 Å². The van der Waals surface area contributed by atoms with E-state index in [4.69, 9.17) is 10.5 Å². The second-order valence-electron chi connectivity index (χ2n) is 4.56. The Labute approximate surface area is 97.8 Å². The van der Waals surface area contributed by atoms with Gasteiger partial charge in [-0.2, -0.15) is 0 Å². The molecule has 2 heteroatoms. The maximum Gasteiger partial charge on any atom is 0.119 e. The van der Waals surface area contributed by atoms with Gasteiger partial charge in [-0.1, -0.05) is 12.1 Å². The van der Waals surface area contributed by atoms with Gasteiger partial charge in [0.2, 0.25) is 0 Å². The molecule has 0 aliphatic heterocycles. The van der Waals surface area contributed by atoms with Gasteiger partial charge in [-0.25, -0.2) is 0 Å². The van der Waals surface area contributed by atoms with E-state index in [0.717, 1.165) is 25.1 Å². The number of hydrogen-bond donors (Lipinski definition) is 1. The van der Waals surface area contributed by atoms with Crippen LogP contribution in [-0.2, 0) is 6.42 Å². The lowest BCUT2D eigenvalue weighted by Crippen LogP contribution is -2.10. The van der Waals surface area contributed by atoms with Crippen molar-refractivity contribution < 1.29 is 4.74 Å². The molecule has 0 bridgehead atoms. The molecule has 1 saturated carbocycles. The van der Waals surface area contributed by atoms with Crippen LogP contribution in [0.15, 0.2) is 24.3 Å². The van der Waals surface area contributed by atoms with Gasteiger partial charge in [0.25, 0.3) is 0 Å². The first-order chi connectivity index (χ1) is 7.88. The second-order valence-corrected chi connectivity index (χ2v) is 4.56. The summed E-state index contributed by atoms with van der Waals surface area (Å²) < 4.78 is 5.91. The average Bonchev–Trinajstić information content (AvgIpc) is 2.81. The quantitative estimate of drug-likeness (QED) is 0.826. The predicted molar refractivity (Wildman–Crippen MR) is 66.7 cm³/mol. The summed E-state index contributed by atoms with van der Waals surface area (Å²) in [5.74, 6) is 1.02. The van der Waals surface area contributed by atoms with E-state index in [1.54, 1.807) is 0 Å². The third kappa shape index (κ3) is 3.24. The molecule has 1 aromatic rings. The fraction of sp³-hybridized carbons (Fsp3) is 0.571. The molecule has 0 amide bonds. The third-order valence-electron chi connectivity index (χ3n) is 3.20. The van der Waals surface area contributed by atoms with Crippen LogP contribution in [0.5, 0.6) is 5.75 Å². The lowest BCUT2D eigenvalue weighted by Gasteiger charge is -2.13. The summed E-state index contributed by atoms with van der Waals surface area (Å²) in [6, 6.07) is 8.48. The van der Waals surface area contributed by atoms with Crippen LogP contribution in [0, 0.1) is 0 Å². The maximum atomic E-state index is 5.91. The summed E-state index contributed by atoms with van der Waals surface area (Å²) in [5, 5.41) is 0. The molecule has 0 spiro atoms. The number of aryl methyl sites for hydroxylation is 1. The first-order valence-electron chi connectivity index (χ1n) is 6.34. The van der Waals surface area contributed by atoms with Crippen molar-refractivity contribution in [3.8, 4) is 5.75 Å². The molecule has 0 aromatic heterocycles. The highest BCUT2D eigenvalue weighted by atomic mass is 16.5. The van der Waals surface area contributed by atoms with Crippen LogP contribution in [0.25, 0.3) is 0 Å². The fourth-order valence-electron chi connectivity index (χ4n) is 2.24. The Hall–Kier alpha value is -1.02. The van der Waals surface area contributed by atoms with Crippen LogP contribution in [0.1, 0.15) is 37.7 Å². The highest BCUT2D eigenvalue weighted by Gasteiger charge is 2.16. The monoisotopic (exact) mass is 219 g/mol. The summed E-state index contributed by atoms with van der Waals surface area (Å²) >= 11 is 0. The van der Waals surface area contributed by atoms with E-state index in [2.05, 4.69) is 24.3 Å². The molecule has 0 radical (unpaired) electrons. The Bertz CT molecular complexity index is 301. The molecule has 88 valence electrons. The van der Waals surface area contributed by atoms with Gasteiger partial charge in [0.1, 0.15) is 5.75 Å². The zero-order valence-corrected chi connectivity index (χ0v) is 9.82. The molecule has 1 aliphatic rings. The number of hydrogen-bond acceptors (Lipinski definition) is 2. The van der Waals surface area contributed by atoms with E-state index in [1.165, 1.54) is 31.2 Å². The van der Waals surface area contributed by atoms with E-state index < -0.39 is 0 Å². The minimum atomic E-state index is 0.454. The molecule has 1 aliphatic carbocycles. The third-order valence-corrected chi connectivity index (χ3v) is 3.20. The molecule has 0 atom stereocenters. The van der Waals surface area contributed by atoms with Gasteiger partial charge < -0.3 is 10.5 Å². The van der Waals surface area contributed by atoms with Crippen LogP contribution in [0.3, 0.4) is 0 Å². The molecule has 2 N–H and O–H groups in total. The SMILES string of the molecule is NCCCc1ccc(OC2CCCC2)cc1. The molecule has 1 aromatic carbocycles. The van der Waals surface area contributed by atoms with Gasteiger partial charge in [-0.05, 0) is 62.8 Å². The Kier molecular flexibility index (Phi) is 4.23. The van der Waals surface area contributed by atoms with Crippen LogP contribution >= 0.6 is 0 Å². The van der Waals surface area contributed by atoms with Gasteiger partial charge in [-0.15, -0.1) is 0 Å². The van der Waals surface area contributed by atoms with Crippen LogP contribution < -0.4 is 10.5 Å². The summed E-state index contributed by atoms with van der Waals surface area (Å²) in [6.45, 7) is 0.764. The van der Waals surface area contributed by atoms with Gasteiger partial charge in [0, 0.05) is 0 Å². The normalized spacial score (nSPS) is 16.6. The number of benzene rings is 1. The van der Waals surface area contributed by atoms with Crippen LogP contribution in [0.2, 0.25) is 0 Å². The molecule has 16 heavy (non-hydrogen) atoms. The van der Waals surface area contributed by atoms with Crippen molar-refractivity contribution in [1.29, 1.82) is 0 Å². The summed E-state index contributed by atoms with van der Waals surface area (Å²) in [4.78, 5) is 0. The smallest absolute Gasteiger partial charge is 0.119 e. The molecule has 0 saturated heterocycles. The van der Waals surface area contributed by atoms with Gasteiger partial charge >= 0.3 is 0 Å². The number of nitrogens with two attached hydrogens (primary N) is 1. The molecular weight excluding hydrogens is 198 g/mol. The largest absolute Gasteiger partial charge is 0.490 e. The van der Waals surface area contributed by atoms with Crippen molar-refractivity contribution in [3.63, 3.8) is 0 Å². The van der Waals surface area contributed by atoms with E-state index in [1.807, 2.05) is 0 Å². The first-order valence-corrected chi connectivity index (χ1v) is 6.34. The lowest BCUT2D eigenvalue weighted by molar-refractivity contribution is 0.210. The zero-order chi connectivity index (χ0) is 11.2. The minimum Gasteiger partial charge on any atom is -0.490 e. The van der Waals surface area contributed by atoms with E-state index >= 15 is 0 Å².